The van der Waals surface area contributed by atoms with Crippen molar-refractivity contribution in [3.63, 3.8) is 0 Å². The van der Waals surface area contributed by atoms with Crippen molar-refractivity contribution in [1.29, 1.82) is 0 Å². The van der Waals surface area contributed by atoms with E-state index in [-0.39, 0.29) is 24.7 Å². The van der Waals surface area contributed by atoms with Gasteiger partial charge in [-0.25, -0.2) is 0 Å². The quantitative estimate of drug-likeness (QED) is 0.371. The average molecular weight is 586 g/mol. The Bertz CT molecular complexity index is 1320. The number of nitrogens with zero attached hydrogens (tertiary/aromatic N) is 1. The first-order valence-electron chi connectivity index (χ1n) is 12.4. The Labute approximate surface area is 231 Å². The first kappa shape index (κ1) is 27.7. The minimum absolute atomic E-state index is 0.0486. The largest absolute Gasteiger partial charge is 0.493 e. The number of halogens is 1. The lowest BCUT2D eigenvalue weighted by molar-refractivity contribution is -0.146. The number of allylic oxidation sites excluding steroid dienone is 2. The summed E-state index contributed by atoms with van der Waals surface area (Å²) in [6.07, 6.45) is 0.831. The van der Waals surface area contributed by atoms with E-state index < -0.39 is 17.8 Å². The molecule has 2 aromatic carbocycles. The van der Waals surface area contributed by atoms with Gasteiger partial charge in [0.05, 0.1) is 39.5 Å². The normalized spacial score (nSPS) is 20.9. The van der Waals surface area contributed by atoms with Crippen LogP contribution in [0.4, 0.5) is 0 Å². The maximum Gasteiger partial charge on any atom is 0.315 e. The van der Waals surface area contributed by atoms with Crippen molar-refractivity contribution in [3.8, 4) is 23.0 Å². The molecule has 0 saturated carbocycles. The van der Waals surface area contributed by atoms with Crippen LogP contribution in [0.15, 0.2) is 51.1 Å². The molecule has 0 aromatic heterocycles. The zero-order valence-corrected chi connectivity index (χ0v) is 24.0. The molecule has 3 atom stereocenters. The Morgan fingerprint density at radius 3 is 2.26 bits per heavy atom. The van der Waals surface area contributed by atoms with Gasteiger partial charge in [0.15, 0.2) is 28.8 Å². The minimum atomic E-state index is -0.736. The van der Waals surface area contributed by atoms with Crippen LogP contribution in [0, 0.1) is 5.92 Å². The van der Waals surface area contributed by atoms with Gasteiger partial charge in [0.2, 0.25) is 0 Å². The molecule has 0 spiro atoms. The van der Waals surface area contributed by atoms with E-state index in [0.717, 1.165) is 11.1 Å². The Morgan fingerprint density at radius 1 is 0.947 bits per heavy atom. The molecule has 1 unspecified atom stereocenters. The van der Waals surface area contributed by atoms with E-state index in [2.05, 4.69) is 15.9 Å². The van der Waals surface area contributed by atoms with E-state index in [1.54, 1.807) is 35.4 Å². The second-order valence-electron chi connectivity index (χ2n) is 9.20. The van der Waals surface area contributed by atoms with Gasteiger partial charge in [-0.3, -0.25) is 14.6 Å². The summed E-state index contributed by atoms with van der Waals surface area (Å²) in [6.45, 7) is 3.81. The number of carbonyl (C=O) groups excluding carboxylic acids is 2. The third kappa shape index (κ3) is 5.04. The molecule has 1 heterocycles. The van der Waals surface area contributed by atoms with Crippen LogP contribution in [-0.2, 0) is 14.3 Å². The second kappa shape index (κ2) is 11.6. The highest BCUT2D eigenvalue weighted by atomic mass is 79.9. The number of rotatable bonds is 8. The van der Waals surface area contributed by atoms with Crippen LogP contribution < -0.4 is 18.9 Å². The van der Waals surface area contributed by atoms with Crippen molar-refractivity contribution in [1.82, 2.24) is 0 Å². The van der Waals surface area contributed by atoms with Crippen molar-refractivity contribution < 1.29 is 33.3 Å². The van der Waals surface area contributed by atoms with Gasteiger partial charge < -0.3 is 23.7 Å². The van der Waals surface area contributed by atoms with Gasteiger partial charge in [-0.2, -0.15) is 0 Å². The molecule has 8 nitrogen and oxygen atoms in total. The molecule has 1 aliphatic carbocycles. The molecule has 0 bridgehead atoms. The molecule has 0 saturated heterocycles. The van der Waals surface area contributed by atoms with Gasteiger partial charge in [0, 0.05) is 29.3 Å². The third-order valence-corrected chi connectivity index (χ3v) is 7.71. The minimum Gasteiger partial charge on any atom is -0.493 e. The maximum atomic E-state index is 13.9. The van der Waals surface area contributed by atoms with Crippen LogP contribution in [0.25, 0.3) is 0 Å². The highest BCUT2D eigenvalue weighted by molar-refractivity contribution is 9.10. The van der Waals surface area contributed by atoms with Crippen LogP contribution in [0.3, 0.4) is 0 Å². The molecule has 4 rings (SSSR count). The van der Waals surface area contributed by atoms with Gasteiger partial charge in [0.1, 0.15) is 5.92 Å². The number of aliphatic imine (C=N–C) groups is 1. The molecule has 0 amide bonds. The Balaban J connectivity index is 1.84. The summed E-state index contributed by atoms with van der Waals surface area (Å²) in [7, 11) is 6.28. The number of ether oxygens (including phenoxy) is 5. The summed E-state index contributed by atoms with van der Waals surface area (Å²) >= 11 is 3.56. The fourth-order valence-electron chi connectivity index (χ4n) is 5.42. The van der Waals surface area contributed by atoms with Gasteiger partial charge in [-0.1, -0.05) is 6.07 Å². The standard InChI is InChI=1S/C29H32BrNO7/c1-7-38-29(33)25-15(2)31-20-11-17(16-8-9-22(34-3)23(13-16)35-4)12-21(32)27(20)26(25)18-10-19(30)28(37-6)24(14-18)36-5/h8-10,13-14,17,25-26H,7,11-12H2,1-6H3/t17-,25?,26+/m0/s1. The van der Waals surface area contributed by atoms with Gasteiger partial charge in [-0.05, 0) is 77.5 Å². The molecule has 38 heavy (non-hydrogen) atoms. The molecular formula is C29H32BrNO7. The molecule has 1 aliphatic heterocycles. The highest BCUT2D eigenvalue weighted by Crippen LogP contribution is 2.49. The number of ketones is 1. The van der Waals surface area contributed by atoms with E-state index in [9.17, 15) is 9.59 Å². The Morgan fingerprint density at radius 2 is 1.63 bits per heavy atom. The molecule has 2 aliphatic rings. The van der Waals surface area contributed by atoms with Crippen molar-refractivity contribution in [2.45, 2.75) is 38.5 Å². The lowest BCUT2D eigenvalue weighted by Gasteiger charge is -2.36. The summed E-state index contributed by atoms with van der Waals surface area (Å²) in [5.74, 6) is 0.401. The van der Waals surface area contributed by atoms with E-state index in [1.165, 1.54) is 0 Å². The fraction of sp³-hybridized carbons (Fsp3) is 0.414. The molecule has 0 radical (unpaired) electrons. The summed E-state index contributed by atoms with van der Waals surface area (Å²) in [5, 5.41) is 0. The summed E-state index contributed by atoms with van der Waals surface area (Å²) in [4.78, 5) is 31.9. The number of carbonyl (C=O) groups is 2. The Hall–Kier alpha value is -3.33. The average Bonchev–Trinajstić information content (AvgIpc) is 2.91. The SMILES string of the molecule is CCOC(=O)C1C(C)=NC2=C(C(=O)C[C@@H](c3ccc(OC)c(OC)c3)C2)[C@@H]1c1cc(Br)c(OC)c(OC)c1. The molecule has 0 fully saturated rings. The van der Waals surface area contributed by atoms with Crippen LogP contribution in [0.1, 0.15) is 49.7 Å². The number of esters is 1. The number of benzene rings is 2. The van der Waals surface area contributed by atoms with E-state index in [0.29, 0.717) is 50.9 Å². The summed E-state index contributed by atoms with van der Waals surface area (Å²) in [6, 6.07) is 9.39. The van der Waals surface area contributed by atoms with Crippen LogP contribution in [0.2, 0.25) is 0 Å². The van der Waals surface area contributed by atoms with Crippen molar-refractivity contribution in [3.05, 3.63) is 57.2 Å². The fourth-order valence-corrected chi connectivity index (χ4v) is 6.04. The van der Waals surface area contributed by atoms with E-state index in [4.69, 9.17) is 28.7 Å². The van der Waals surface area contributed by atoms with E-state index >= 15 is 0 Å². The first-order valence-corrected chi connectivity index (χ1v) is 13.2. The molecular weight excluding hydrogens is 554 g/mol. The number of hydrogen-bond donors (Lipinski definition) is 0. The topological polar surface area (TPSA) is 92.7 Å². The monoisotopic (exact) mass is 585 g/mol. The van der Waals surface area contributed by atoms with E-state index in [1.807, 2.05) is 37.3 Å². The molecule has 2 aromatic rings. The molecule has 9 heteroatoms. The zero-order valence-electron chi connectivity index (χ0n) is 22.4. The van der Waals surface area contributed by atoms with Crippen LogP contribution in [-0.4, -0.2) is 52.5 Å². The van der Waals surface area contributed by atoms with Gasteiger partial charge >= 0.3 is 5.97 Å². The number of methoxy groups -OCH3 is 4. The summed E-state index contributed by atoms with van der Waals surface area (Å²) in [5.41, 5.74) is 3.55. The van der Waals surface area contributed by atoms with Crippen molar-refractivity contribution in [2.75, 3.05) is 35.0 Å². The number of Topliss-reactive ketones (excluding diaryl/α,β-unsaturated/α-hetero) is 1. The predicted molar refractivity (Wildman–Crippen MR) is 147 cm³/mol. The van der Waals surface area contributed by atoms with Gasteiger partial charge in [-0.15, -0.1) is 0 Å². The van der Waals surface area contributed by atoms with Crippen molar-refractivity contribution >= 4 is 33.4 Å². The first-order chi connectivity index (χ1) is 18.3. The third-order valence-electron chi connectivity index (χ3n) is 7.12. The number of hydrogen-bond acceptors (Lipinski definition) is 8. The maximum absolute atomic E-state index is 13.9. The summed E-state index contributed by atoms with van der Waals surface area (Å²) < 4.78 is 28.0. The predicted octanol–water partition coefficient (Wildman–Crippen LogP) is 5.62. The molecule has 0 N–H and O–H groups in total. The molecule has 202 valence electrons. The lowest BCUT2D eigenvalue weighted by atomic mass is 9.69. The highest BCUT2D eigenvalue weighted by Gasteiger charge is 2.45. The second-order valence-corrected chi connectivity index (χ2v) is 10.1. The Kier molecular flexibility index (Phi) is 8.45. The smallest absolute Gasteiger partial charge is 0.315 e. The van der Waals surface area contributed by atoms with Crippen LogP contribution >= 0.6 is 15.9 Å². The zero-order chi connectivity index (χ0) is 27.6. The van der Waals surface area contributed by atoms with Crippen LogP contribution in [0.5, 0.6) is 23.0 Å². The van der Waals surface area contributed by atoms with Crippen molar-refractivity contribution in [2.24, 2.45) is 10.9 Å². The lowest BCUT2D eigenvalue weighted by Crippen LogP contribution is -2.38. The van der Waals surface area contributed by atoms with Gasteiger partial charge in [0.25, 0.3) is 0 Å².